The Balaban J connectivity index is 1.48. The molecule has 3 heterocycles. The number of nitrogens with one attached hydrogen (secondary N) is 1. The summed E-state index contributed by atoms with van der Waals surface area (Å²) in [6.07, 6.45) is 7.24. The van der Waals surface area contributed by atoms with Crippen LogP contribution in [-0.4, -0.2) is 35.6 Å². The Kier molecular flexibility index (Phi) is 4.22. The molecule has 0 bridgehead atoms. The maximum atomic E-state index is 13.5. The lowest BCUT2D eigenvalue weighted by molar-refractivity contribution is -0.0446. The maximum absolute atomic E-state index is 13.5. The lowest BCUT2D eigenvalue weighted by atomic mass is 9.72. The Morgan fingerprint density at radius 2 is 1.76 bits per heavy atom. The van der Waals surface area contributed by atoms with E-state index in [9.17, 15) is 13.6 Å². The topological polar surface area (TPSA) is 89.4 Å². The summed E-state index contributed by atoms with van der Waals surface area (Å²) in [6.45, 7) is 1.94. The first kappa shape index (κ1) is 18.3. The number of hydrogen-bond donors (Lipinski definition) is 1. The molecule has 1 N–H and O–H groups in total. The third-order valence-electron chi connectivity index (χ3n) is 6.27. The van der Waals surface area contributed by atoms with Crippen LogP contribution in [0.5, 0.6) is 0 Å². The number of fused-ring (bicyclic) bond motifs is 1. The Labute approximate surface area is 165 Å². The molecule has 0 amide bonds. The Morgan fingerprint density at radius 3 is 2.41 bits per heavy atom. The molecule has 0 spiro atoms. The van der Waals surface area contributed by atoms with E-state index in [2.05, 4.69) is 20.1 Å². The average molecular weight is 400 g/mol. The van der Waals surface area contributed by atoms with Crippen LogP contribution in [0.25, 0.3) is 11.0 Å². The van der Waals surface area contributed by atoms with Gasteiger partial charge in [-0.1, -0.05) is 0 Å². The zero-order chi connectivity index (χ0) is 20.2. The molecule has 2 aliphatic carbocycles. The van der Waals surface area contributed by atoms with Crippen LogP contribution in [-0.2, 0) is 0 Å². The number of aromatic nitrogens is 6. The zero-order valence-electron chi connectivity index (χ0n) is 16.1. The van der Waals surface area contributed by atoms with Gasteiger partial charge in [0.05, 0.1) is 12.2 Å². The fraction of sp³-hybridized carbons (Fsp3) is 0.550. The summed E-state index contributed by atoms with van der Waals surface area (Å²) in [6, 6.07) is -0.160. The number of nitrogens with zero attached hydrogens (tertiary/aromatic N) is 5. The van der Waals surface area contributed by atoms with Crippen molar-refractivity contribution in [1.29, 1.82) is 0 Å². The fourth-order valence-corrected chi connectivity index (χ4v) is 4.40. The van der Waals surface area contributed by atoms with Crippen molar-refractivity contribution in [1.82, 2.24) is 29.7 Å². The second-order valence-corrected chi connectivity index (χ2v) is 8.27. The molecule has 152 valence electrons. The molecule has 9 heteroatoms. The minimum Gasteiger partial charge on any atom is -0.310 e. The van der Waals surface area contributed by atoms with E-state index in [0.29, 0.717) is 29.7 Å². The summed E-state index contributed by atoms with van der Waals surface area (Å²) in [5.41, 5.74) is 1.24. The molecule has 0 aromatic carbocycles. The summed E-state index contributed by atoms with van der Waals surface area (Å²) < 4.78 is 28.7. The lowest BCUT2D eigenvalue weighted by Crippen LogP contribution is -2.29. The summed E-state index contributed by atoms with van der Waals surface area (Å²) in [4.78, 5) is 29.1. The number of halogens is 2. The van der Waals surface area contributed by atoms with Crippen molar-refractivity contribution in [2.45, 2.75) is 69.2 Å². The lowest BCUT2D eigenvalue weighted by Gasteiger charge is -2.34. The molecule has 2 aliphatic rings. The normalized spacial score (nSPS) is 24.5. The molecule has 3 aromatic rings. The molecule has 29 heavy (non-hydrogen) atoms. The number of H-pyrrole nitrogens is 1. The van der Waals surface area contributed by atoms with Gasteiger partial charge in [-0.05, 0) is 38.2 Å². The highest BCUT2D eigenvalue weighted by atomic mass is 19.3. The predicted molar refractivity (Wildman–Crippen MR) is 102 cm³/mol. The van der Waals surface area contributed by atoms with Gasteiger partial charge in [0.25, 0.3) is 5.56 Å². The van der Waals surface area contributed by atoms with Gasteiger partial charge in [0.2, 0.25) is 5.92 Å². The number of rotatable bonds is 3. The SMILES string of the molecule is Cc1cnc([C@@H]2CC[C@@H]2c2nc3c(cnn3C3CCC(F)(F)CC3)c(=O)[nH]2)nc1. The maximum Gasteiger partial charge on any atom is 0.262 e. The summed E-state index contributed by atoms with van der Waals surface area (Å²) >= 11 is 0. The van der Waals surface area contributed by atoms with Crippen molar-refractivity contribution >= 4 is 11.0 Å². The number of hydrogen-bond acceptors (Lipinski definition) is 5. The molecule has 3 aromatic heterocycles. The molecule has 0 radical (unpaired) electrons. The highest BCUT2D eigenvalue weighted by molar-refractivity contribution is 5.73. The second kappa shape index (κ2) is 6.67. The molecule has 7 nitrogen and oxygen atoms in total. The highest BCUT2D eigenvalue weighted by Crippen LogP contribution is 2.46. The Morgan fingerprint density at radius 1 is 1.07 bits per heavy atom. The fourth-order valence-electron chi connectivity index (χ4n) is 4.40. The molecule has 0 saturated heterocycles. The number of alkyl halides is 2. The zero-order valence-corrected chi connectivity index (χ0v) is 16.1. The van der Waals surface area contributed by atoms with E-state index in [0.717, 1.165) is 24.2 Å². The molecular weight excluding hydrogens is 378 g/mol. The largest absolute Gasteiger partial charge is 0.310 e. The van der Waals surface area contributed by atoms with Gasteiger partial charge in [0.1, 0.15) is 17.0 Å². The smallest absolute Gasteiger partial charge is 0.262 e. The van der Waals surface area contributed by atoms with E-state index in [1.807, 2.05) is 6.92 Å². The van der Waals surface area contributed by atoms with E-state index in [1.54, 1.807) is 17.1 Å². The molecular formula is C20H22F2N6O. The van der Waals surface area contributed by atoms with Gasteiger partial charge in [-0.3, -0.25) is 4.79 Å². The highest BCUT2D eigenvalue weighted by Gasteiger charge is 2.39. The van der Waals surface area contributed by atoms with E-state index in [1.165, 1.54) is 6.20 Å². The van der Waals surface area contributed by atoms with Crippen LogP contribution in [0.4, 0.5) is 8.78 Å². The number of aromatic amines is 1. The first-order valence-corrected chi connectivity index (χ1v) is 10.0. The molecule has 2 atom stereocenters. The molecule has 5 rings (SSSR count). The van der Waals surface area contributed by atoms with Crippen molar-refractivity contribution in [2.75, 3.05) is 0 Å². The number of aryl methyl sites for hydroxylation is 1. The van der Waals surface area contributed by atoms with Crippen LogP contribution in [0.1, 0.15) is 73.6 Å². The summed E-state index contributed by atoms with van der Waals surface area (Å²) in [7, 11) is 0. The van der Waals surface area contributed by atoms with Gasteiger partial charge >= 0.3 is 0 Å². The quantitative estimate of drug-likeness (QED) is 0.725. The van der Waals surface area contributed by atoms with Crippen LogP contribution in [0.3, 0.4) is 0 Å². The van der Waals surface area contributed by atoms with Crippen LogP contribution < -0.4 is 5.56 Å². The van der Waals surface area contributed by atoms with Crippen LogP contribution in [0.15, 0.2) is 23.4 Å². The van der Waals surface area contributed by atoms with Crippen LogP contribution in [0, 0.1) is 6.92 Å². The Bertz CT molecular complexity index is 1100. The van der Waals surface area contributed by atoms with Gasteiger partial charge in [-0.15, -0.1) is 0 Å². The minimum atomic E-state index is -2.61. The van der Waals surface area contributed by atoms with Crippen molar-refractivity contribution in [2.24, 2.45) is 0 Å². The monoisotopic (exact) mass is 400 g/mol. The van der Waals surface area contributed by atoms with Gasteiger partial charge in [0.15, 0.2) is 5.65 Å². The molecule has 0 aliphatic heterocycles. The van der Waals surface area contributed by atoms with Crippen LogP contribution >= 0.6 is 0 Å². The van der Waals surface area contributed by atoms with Gasteiger partial charge < -0.3 is 4.98 Å². The van der Waals surface area contributed by atoms with E-state index in [-0.39, 0.29) is 36.3 Å². The second-order valence-electron chi connectivity index (χ2n) is 8.27. The summed E-state index contributed by atoms with van der Waals surface area (Å²) in [5.74, 6) is -1.10. The minimum absolute atomic E-state index is 0.0360. The Hall–Kier alpha value is -2.71. The molecule has 2 fully saturated rings. The first-order valence-electron chi connectivity index (χ1n) is 10.0. The molecule has 0 unspecified atom stereocenters. The summed E-state index contributed by atoms with van der Waals surface area (Å²) in [5, 5.41) is 4.72. The van der Waals surface area contributed by atoms with Gasteiger partial charge in [0, 0.05) is 37.1 Å². The van der Waals surface area contributed by atoms with Crippen molar-refractivity contribution in [3.63, 3.8) is 0 Å². The van der Waals surface area contributed by atoms with Crippen molar-refractivity contribution < 1.29 is 8.78 Å². The predicted octanol–water partition coefficient (Wildman–Crippen LogP) is 3.63. The van der Waals surface area contributed by atoms with Crippen molar-refractivity contribution in [3.05, 3.63) is 46.2 Å². The van der Waals surface area contributed by atoms with Crippen molar-refractivity contribution in [3.8, 4) is 0 Å². The first-order chi connectivity index (χ1) is 13.9. The molecule has 2 saturated carbocycles. The third-order valence-corrected chi connectivity index (χ3v) is 6.27. The third kappa shape index (κ3) is 3.22. The van der Waals surface area contributed by atoms with Crippen LogP contribution in [0.2, 0.25) is 0 Å². The van der Waals surface area contributed by atoms with Gasteiger partial charge in [-0.2, -0.15) is 5.10 Å². The van der Waals surface area contributed by atoms with E-state index >= 15 is 0 Å². The standard InChI is InChI=1S/C20H22F2N6O/c1-11-8-23-16(24-9-11)13-2-3-14(13)17-26-18-15(19(29)27-17)10-25-28(18)12-4-6-20(21,22)7-5-12/h8-10,12-14H,2-7H2,1H3,(H,26,27,29)/t13-,14+/m1/s1. The van der Waals surface area contributed by atoms with E-state index in [4.69, 9.17) is 4.98 Å². The van der Waals surface area contributed by atoms with E-state index < -0.39 is 5.92 Å². The average Bonchev–Trinajstić information content (AvgIpc) is 3.07. The van der Waals surface area contributed by atoms with Gasteiger partial charge in [-0.25, -0.2) is 28.4 Å².